The molecule has 4 nitrogen and oxygen atoms in total. The molecule has 0 saturated carbocycles. The van der Waals surface area contributed by atoms with E-state index >= 15 is 0 Å². The van der Waals surface area contributed by atoms with Gasteiger partial charge in [0.05, 0.1) is 10.5 Å². The highest BCUT2D eigenvalue weighted by atomic mass is 79.9. The number of sulfone groups is 1. The summed E-state index contributed by atoms with van der Waals surface area (Å²) < 4.78 is 28.3. The van der Waals surface area contributed by atoms with Crippen molar-refractivity contribution in [1.29, 1.82) is 0 Å². The van der Waals surface area contributed by atoms with Gasteiger partial charge in [-0.2, -0.15) is 0 Å². The molecule has 0 aliphatic carbocycles. The van der Waals surface area contributed by atoms with Gasteiger partial charge in [-0.15, -0.1) is 0 Å². The van der Waals surface area contributed by atoms with E-state index in [4.69, 9.17) is 4.74 Å². The quantitative estimate of drug-likeness (QED) is 0.736. The van der Waals surface area contributed by atoms with E-state index in [1.807, 2.05) is 0 Å². The van der Waals surface area contributed by atoms with Gasteiger partial charge in [0.15, 0.2) is 9.84 Å². The van der Waals surface area contributed by atoms with Crippen molar-refractivity contribution in [3.8, 4) is 0 Å². The number of cyclic esters (lactones) is 1. The molecule has 0 N–H and O–H groups in total. The Hall–Kier alpha value is -0.880. The van der Waals surface area contributed by atoms with E-state index < -0.39 is 15.8 Å². The lowest BCUT2D eigenvalue weighted by atomic mass is 10.1. The van der Waals surface area contributed by atoms with Crippen LogP contribution in [-0.2, 0) is 21.2 Å². The zero-order chi connectivity index (χ0) is 11.2. The number of benzene rings is 1. The number of carbonyl (C=O) groups excluding carboxylic acids is 1. The minimum atomic E-state index is -3.41. The van der Waals surface area contributed by atoms with Crippen molar-refractivity contribution in [2.45, 2.75) is 11.5 Å². The van der Waals surface area contributed by atoms with E-state index in [1.54, 1.807) is 6.07 Å². The summed E-state index contributed by atoms with van der Waals surface area (Å²) in [7, 11) is -3.41. The van der Waals surface area contributed by atoms with Crippen LogP contribution in [0.5, 0.6) is 0 Å². The maximum atomic E-state index is 11.5. The monoisotopic (exact) mass is 290 g/mol. The molecule has 0 saturated heterocycles. The summed E-state index contributed by atoms with van der Waals surface area (Å²) >= 11 is 3.20. The Morgan fingerprint density at radius 3 is 2.67 bits per heavy atom. The van der Waals surface area contributed by atoms with E-state index in [-0.39, 0.29) is 17.1 Å². The number of ether oxygens (including phenoxy) is 1. The molecule has 1 aromatic carbocycles. The Morgan fingerprint density at radius 2 is 2.07 bits per heavy atom. The molecular formula is C9H7BrO4S. The first kappa shape index (κ1) is 10.6. The normalized spacial score (nSPS) is 14.9. The SMILES string of the molecule is CS(=O)(=O)c1cc(Br)cc2c1C(=O)OC2. The molecule has 80 valence electrons. The lowest BCUT2D eigenvalue weighted by Gasteiger charge is -2.03. The average molecular weight is 291 g/mol. The predicted molar refractivity (Wildman–Crippen MR) is 56.4 cm³/mol. The molecule has 0 bridgehead atoms. The molecule has 1 aliphatic rings. The second kappa shape index (κ2) is 3.31. The fraction of sp³-hybridized carbons (Fsp3) is 0.222. The van der Waals surface area contributed by atoms with Crippen LogP contribution < -0.4 is 0 Å². The second-order valence-electron chi connectivity index (χ2n) is 3.29. The minimum absolute atomic E-state index is 0.0226. The number of rotatable bonds is 1. The average Bonchev–Trinajstić information content (AvgIpc) is 2.44. The van der Waals surface area contributed by atoms with Crippen molar-refractivity contribution < 1.29 is 17.9 Å². The fourth-order valence-electron chi connectivity index (χ4n) is 1.49. The summed E-state index contributed by atoms with van der Waals surface area (Å²) in [5.41, 5.74) is 0.774. The van der Waals surface area contributed by atoms with Crippen LogP contribution in [0.15, 0.2) is 21.5 Å². The van der Waals surface area contributed by atoms with Crippen LogP contribution in [0.25, 0.3) is 0 Å². The molecule has 0 unspecified atom stereocenters. The van der Waals surface area contributed by atoms with Crippen LogP contribution in [0.4, 0.5) is 0 Å². The Kier molecular flexibility index (Phi) is 2.35. The predicted octanol–water partition coefficient (Wildman–Crippen LogP) is 1.52. The Morgan fingerprint density at radius 1 is 1.40 bits per heavy atom. The maximum absolute atomic E-state index is 11.5. The minimum Gasteiger partial charge on any atom is -0.457 e. The van der Waals surface area contributed by atoms with E-state index in [1.165, 1.54) is 6.07 Å². The summed E-state index contributed by atoms with van der Waals surface area (Å²) in [6.45, 7) is 0.135. The molecule has 0 radical (unpaired) electrons. The number of hydrogen-bond acceptors (Lipinski definition) is 4. The summed E-state index contributed by atoms with van der Waals surface area (Å²) in [6.07, 6.45) is 1.07. The highest BCUT2D eigenvalue weighted by Crippen LogP contribution is 2.30. The van der Waals surface area contributed by atoms with Gasteiger partial charge < -0.3 is 4.74 Å². The van der Waals surface area contributed by atoms with Crippen LogP contribution in [-0.4, -0.2) is 20.6 Å². The van der Waals surface area contributed by atoms with Crippen LogP contribution in [0.1, 0.15) is 15.9 Å². The molecule has 0 aromatic heterocycles. The highest BCUT2D eigenvalue weighted by molar-refractivity contribution is 9.10. The van der Waals surface area contributed by atoms with Crippen molar-refractivity contribution in [1.82, 2.24) is 0 Å². The molecule has 0 fully saturated rings. The lowest BCUT2D eigenvalue weighted by molar-refractivity contribution is 0.0532. The van der Waals surface area contributed by atoms with Crippen molar-refractivity contribution in [3.63, 3.8) is 0 Å². The summed E-state index contributed by atoms with van der Waals surface area (Å²) in [5.74, 6) is -0.571. The first-order chi connectivity index (χ1) is 6.89. The van der Waals surface area contributed by atoms with Gasteiger partial charge in [-0.05, 0) is 12.1 Å². The Bertz CT molecular complexity index is 547. The van der Waals surface area contributed by atoms with Gasteiger partial charge in [0, 0.05) is 16.3 Å². The third kappa shape index (κ3) is 1.79. The van der Waals surface area contributed by atoms with Crippen molar-refractivity contribution in [2.75, 3.05) is 6.26 Å². The standard InChI is InChI=1S/C9H7BrO4S/c1-15(12,13)7-3-6(10)2-5-4-14-9(11)8(5)7/h2-3H,4H2,1H3. The molecule has 0 spiro atoms. The van der Waals surface area contributed by atoms with E-state index in [0.717, 1.165) is 6.26 Å². The zero-order valence-electron chi connectivity index (χ0n) is 7.78. The summed E-state index contributed by atoms with van der Waals surface area (Å²) in [4.78, 5) is 11.4. The van der Waals surface area contributed by atoms with Crippen molar-refractivity contribution in [3.05, 3.63) is 27.7 Å². The van der Waals surface area contributed by atoms with Gasteiger partial charge in [0.2, 0.25) is 0 Å². The zero-order valence-corrected chi connectivity index (χ0v) is 10.2. The first-order valence-electron chi connectivity index (χ1n) is 4.09. The molecule has 1 aliphatic heterocycles. The summed E-state index contributed by atoms with van der Waals surface area (Å²) in [5, 5.41) is 0. The van der Waals surface area contributed by atoms with E-state index in [0.29, 0.717) is 10.0 Å². The Balaban J connectivity index is 2.81. The molecule has 15 heavy (non-hydrogen) atoms. The van der Waals surface area contributed by atoms with Crippen molar-refractivity contribution in [2.24, 2.45) is 0 Å². The van der Waals surface area contributed by atoms with Crippen LogP contribution >= 0.6 is 15.9 Å². The first-order valence-corrected chi connectivity index (χ1v) is 6.77. The second-order valence-corrected chi connectivity index (χ2v) is 6.19. The maximum Gasteiger partial charge on any atom is 0.340 e. The third-order valence-corrected chi connectivity index (χ3v) is 3.69. The number of hydrogen-bond donors (Lipinski definition) is 0. The fourth-order valence-corrected chi connectivity index (χ4v) is 3.07. The van der Waals surface area contributed by atoms with Gasteiger partial charge in [0.25, 0.3) is 0 Å². The molecule has 6 heteroatoms. The van der Waals surface area contributed by atoms with Gasteiger partial charge in [-0.25, -0.2) is 13.2 Å². The molecule has 1 heterocycles. The van der Waals surface area contributed by atoms with Crippen LogP contribution in [0.2, 0.25) is 0 Å². The number of fused-ring (bicyclic) bond motifs is 1. The molecule has 0 amide bonds. The molecule has 0 atom stereocenters. The van der Waals surface area contributed by atoms with Gasteiger partial charge in [-0.3, -0.25) is 0 Å². The van der Waals surface area contributed by atoms with E-state index in [9.17, 15) is 13.2 Å². The highest BCUT2D eigenvalue weighted by Gasteiger charge is 2.29. The van der Waals surface area contributed by atoms with E-state index in [2.05, 4.69) is 15.9 Å². The number of halogens is 1. The summed E-state index contributed by atoms with van der Waals surface area (Å²) in [6, 6.07) is 3.11. The Labute approximate surface area is 95.3 Å². The number of esters is 1. The van der Waals surface area contributed by atoms with Gasteiger partial charge in [-0.1, -0.05) is 15.9 Å². The molecular weight excluding hydrogens is 284 g/mol. The van der Waals surface area contributed by atoms with Gasteiger partial charge >= 0.3 is 5.97 Å². The van der Waals surface area contributed by atoms with Crippen LogP contribution in [0.3, 0.4) is 0 Å². The third-order valence-electron chi connectivity index (χ3n) is 2.11. The van der Waals surface area contributed by atoms with Crippen LogP contribution in [0, 0.1) is 0 Å². The van der Waals surface area contributed by atoms with Gasteiger partial charge in [0.1, 0.15) is 6.61 Å². The van der Waals surface area contributed by atoms with Crippen molar-refractivity contribution >= 4 is 31.7 Å². The topological polar surface area (TPSA) is 60.4 Å². The smallest absolute Gasteiger partial charge is 0.340 e. The molecule has 2 rings (SSSR count). The lowest BCUT2D eigenvalue weighted by Crippen LogP contribution is -2.06. The largest absolute Gasteiger partial charge is 0.457 e. The molecule has 1 aromatic rings. The number of carbonyl (C=O) groups is 1.